The van der Waals surface area contributed by atoms with Gasteiger partial charge in [-0.25, -0.2) is 4.98 Å². The summed E-state index contributed by atoms with van der Waals surface area (Å²) in [4.78, 5) is 16.0. The topological polar surface area (TPSA) is 63.8 Å². The van der Waals surface area contributed by atoms with Crippen molar-refractivity contribution >= 4 is 5.65 Å². The fourth-order valence-corrected chi connectivity index (χ4v) is 1.51. The number of aromatic nitrogens is 2. The Morgan fingerprint density at radius 3 is 3.12 bits per heavy atom. The van der Waals surface area contributed by atoms with E-state index in [-0.39, 0.29) is 17.0 Å². The van der Waals surface area contributed by atoms with E-state index in [1.807, 2.05) is 0 Å². The second-order valence-corrected chi connectivity index (χ2v) is 3.42. The van der Waals surface area contributed by atoms with Crippen LogP contribution in [0.2, 0.25) is 0 Å². The third kappa shape index (κ3) is 1.77. The van der Waals surface area contributed by atoms with Crippen LogP contribution >= 0.6 is 0 Å². The van der Waals surface area contributed by atoms with E-state index in [0.29, 0.717) is 18.6 Å². The Labute approximate surface area is 91.9 Å². The smallest absolute Gasteiger partial charge is 0.261 e. The molecule has 0 aliphatic carbocycles. The van der Waals surface area contributed by atoms with Crippen molar-refractivity contribution in [3.05, 3.63) is 40.4 Å². The number of rotatable bonds is 3. The first-order chi connectivity index (χ1) is 7.74. The maximum Gasteiger partial charge on any atom is 0.261 e. The van der Waals surface area contributed by atoms with Gasteiger partial charge in [0.25, 0.3) is 5.56 Å². The molecule has 2 aromatic rings. The van der Waals surface area contributed by atoms with Gasteiger partial charge in [0.2, 0.25) is 0 Å². The lowest BCUT2D eigenvalue weighted by Crippen LogP contribution is -2.20. The molecule has 0 amide bonds. The van der Waals surface area contributed by atoms with Crippen LogP contribution in [0.25, 0.3) is 5.65 Å². The Kier molecular flexibility index (Phi) is 2.87. The molecule has 5 nitrogen and oxygen atoms in total. The highest BCUT2D eigenvalue weighted by Crippen LogP contribution is 2.12. The largest absolute Gasteiger partial charge is 0.504 e. The van der Waals surface area contributed by atoms with E-state index >= 15 is 0 Å². The first-order valence-electron chi connectivity index (χ1n) is 4.91. The molecule has 0 atom stereocenters. The number of pyridine rings is 1. The van der Waals surface area contributed by atoms with Crippen molar-refractivity contribution in [1.82, 2.24) is 9.38 Å². The Balaban J connectivity index is 2.57. The van der Waals surface area contributed by atoms with Gasteiger partial charge < -0.3 is 9.84 Å². The van der Waals surface area contributed by atoms with E-state index in [1.54, 1.807) is 19.4 Å². The summed E-state index contributed by atoms with van der Waals surface area (Å²) in [5.74, 6) is -0.00195. The van der Waals surface area contributed by atoms with E-state index in [2.05, 4.69) is 4.98 Å². The highest BCUT2D eigenvalue weighted by atomic mass is 16.5. The number of hydrogen-bond donors (Lipinski definition) is 1. The number of methoxy groups -OCH3 is 1. The van der Waals surface area contributed by atoms with Crippen LogP contribution in [0, 0.1) is 0 Å². The van der Waals surface area contributed by atoms with E-state index in [1.165, 1.54) is 16.7 Å². The monoisotopic (exact) mass is 220 g/mol. The lowest BCUT2D eigenvalue weighted by Gasteiger charge is -2.04. The first kappa shape index (κ1) is 10.6. The second kappa shape index (κ2) is 4.32. The molecule has 5 heteroatoms. The molecule has 0 aliphatic rings. The fraction of sp³-hybridized carbons (Fsp3) is 0.273. The Morgan fingerprint density at radius 2 is 2.38 bits per heavy atom. The van der Waals surface area contributed by atoms with Gasteiger partial charge in [0.15, 0.2) is 11.4 Å². The summed E-state index contributed by atoms with van der Waals surface area (Å²) in [6.07, 6.45) is 3.58. The highest BCUT2D eigenvalue weighted by Gasteiger charge is 2.06. The van der Waals surface area contributed by atoms with Gasteiger partial charge in [-0.05, 0) is 12.1 Å². The summed E-state index contributed by atoms with van der Waals surface area (Å²) < 4.78 is 6.24. The Hall–Kier alpha value is -1.88. The van der Waals surface area contributed by atoms with Gasteiger partial charge >= 0.3 is 0 Å². The average Bonchev–Trinajstić information content (AvgIpc) is 2.29. The minimum absolute atomic E-state index is 0.00195. The molecule has 2 aromatic heterocycles. The number of nitrogens with zero attached hydrogens (tertiary/aromatic N) is 2. The molecule has 0 aliphatic heterocycles. The maximum atomic E-state index is 11.9. The minimum atomic E-state index is -0.169. The predicted octanol–water partition coefficient (Wildman–Crippen LogP) is 0.589. The number of aromatic hydroxyl groups is 1. The van der Waals surface area contributed by atoms with E-state index in [0.717, 1.165) is 0 Å². The van der Waals surface area contributed by atoms with Crippen LogP contribution in [0.4, 0.5) is 0 Å². The molecule has 2 rings (SSSR count). The molecular formula is C11H12N2O3. The zero-order chi connectivity index (χ0) is 11.5. The maximum absolute atomic E-state index is 11.9. The van der Waals surface area contributed by atoms with Gasteiger partial charge in [0.05, 0.1) is 6.61 Å². The quantitative estimate of drug-likeness (QED) is 0.822. The van der Waals surface area contributed by atoms with Gasteiger partial charge in [0, 0.05) is 31.5 Å². The summed E-state index contributed by atoms with van der Waals surface area (Å²) in [6.45, 7) is 0.474. The molecule has 0 unspecified atom stereocenters. The number of fused-ring (bicyclic) bond motifs is 1. The normalized spacial score (nSPS) is 10.8. The molecule has 0 aromatic carbocycles. The van der Waals surface area contributed by atoms with Crippen molar-refractivity contribution < 1.29 is 9.84 Å². The van der Waals surface area contributed by atoms with E-state index in [9.17, 15) is 9.90 Å². The van der Waals surface area contributed by atoms with Crippen LogP contribution in [-0.4, -0.2) is 28.2 Å². The van der Waals surface area contributed by atoms with Gasteiger partial charge in [-0.15, -0.1) is 0 Å². The molecule has 2 heterocycles. The summed E-state index contributed by atoms with van der Waals surface area (Å²) in [7, 11) is 1.58. The van der Waals surface area contributed by atoms with Crippen molar-refractivity contribution in [3.63, 3.8) is 0 Å². The van der Waals surface area contributed by atoms with Gasteiger partial charge in [-0.1, -0.05) is 0 Å². The van der Waals surface area contributed by atoms with Crippen molar-refractivity contribution in [3.8, 4) is 5.75 Å². The first-order valence-corrected chi connectivity index (χ1v) is 4.91. The molecule has 1 N–H and O–H groups in total. The molecule has 84 valence electrons. The molecular weight excluding hydrogens is 208 g/mol. The highest BCUT2D eigenvalue weighted by molar-refractivity contribution is 5.51. The van der Waals surface area contributed by atoms with Crippen LogP contribution < -0.4 is 5.56 Å². The summed E-state index contributed by atoms with van der Waals surface area (Å²) in [6, 6.07) is 3.10. The predicted molar refractivity (Wildman–Crippen MR) is 58.7 cm³/mol. The van der Waals surface area contributed by atoms with Crippen molar-refractivity contribution in [2.75, 3.05) is 13.7 Å². The zero-order valence-electron chi connectivity index (χ0n) is 8.88. The lowest BCUT2D eigenvalue weighted by atomic mass is 10.2. The number of ether oxygens (including phenoxy) is 1. The molecule has 0 bridgehead atoms. The van der Waals surface area contributed by atoms with Gasteiger partial charge in [-0.2, -0.15) is 0 Å². The molecule has 0 saturated carbocycles. The third-order valence-corrected chi connectivity index (χ3v) is 2.36. The van der Waals surface area contributed by atoms with Crippen LogP contribution in [0.3, 0.4) is 0 Å². The Bertz CT molecular complexity index is 563. The fourth-order valence-electron chi connectivity index (χ4n) is 1.51. The third-order valence-electron chi connectivity index (χ3n) is 2.36. The van der Waals surface area contributed by atoms with Crippen molar-refractivity contribution in [2.45, 2.75) is 6.42 Å². The average molecular weight is 220 g/mol. The number of hydrogen-bond acceptors (Lipinski definition) is 4. The van der Waals surface area contributed by atoms with Gasteiger partial charge in [0.1, 0.15) is 0 Å². The van der Waals surface area contributed by atoms with Crippen LogP contribution in [0.15, 0.2) is 29.3 Å². The van der Waals surface area contributed by atoms with Crippen LogP contribution in [-0.2, 0) is 11.2 Å². The summed E-state index contributed by atoms with van der Waals surface area (Å²) in [5.41, 5.74) is 0.677. The molecule has 0 saturated heterocycles. The van der Waals surface area contributed by atoms with Crippen LogP contribution in [0.1, 0.15) is 5.56 Å². The molecule has 0 fully saturated rings. The standard InChI is InChI=1S/C11H12N2O3/c1-16-6-4-8-7-12-10-9(14)3-2-5-13(10)11(8)15/h2-3,5,7,14H,4,6H2,1H3. The zero-order valence-corrected chi connectivity index (χ0v) is 8.88. The SMILES string of the molecule is COCCc1cnc2c(O)cccn2c1=O. The summed E-state index contributed by atoms with van der Waals surface area (Å²) in [5, 5.41) is 9.52. The summed E-state index contributed by atoms with van der Waals surface area (Å²) >= 11 is 0. The van der Waals surface area contributed by atoms with Gasteiger partial charge in [-0.3, -0.25) is 9.20 Å². The lowest BCUT2D eigenvalue weighted by molar-refractivity contribution is 0.202. The van der Waals surface area contributed by atoms with Crippen molar-refractivity contribution in [2.24, 2.45) is 0 Å². The second-order valence-electron chi connectivity index (χ2n) is 3.42. The molecule has 0 radical (unpaired) electrons. The van der Waals surface area contributed by atoms with Crippen molar-refractivity contribution in [1.29, 1.82) is 0 Å². The Morgan fingerprint density at radius 1 is 1.56 bits per heavy atom. The minimum Gasteiger partial charge on any atom is -0.504 e. The van der Waals surface area contributed by atoms with E-state index in [4.69, 9.17) is 4.74 Å². The molecule has 0 spiro atoms. The van der Waals surface area contributed by atoms with E-state index < -0.39 is 0 Å². The van der Waals surface area contributed by atoms with Crippen LogP contribution in [0.5, 0.6) is 5.75 Å². The molecule has 16 heavy (non-hydrogen) atoms.